The molecule has 0 aliphatic rings. The topological polar surface area (TPSA) is 78.5 Å². The highest BCUT2D eigenvalue weighted by atomic mass is 16.5. The molecule has 112 valence electrons. The summed E-state index contributed by atoms with van der Waals surface area (Å²) < 4.78 is 11.4. The minimum Gasteiger partial charge on any atom is -0.464 e. The third kappa shape index (κ3) is 2.74. The molecule has 0 saturated carbocycles. The molecule has 6 nitrogen and oxygen atoms in total. The van der Waals surface area contributed by atoms with Gasteiger partial charge in [-0.1, -0.05) is 6.92 Å². The van der Waals surface area contributed by atoms with E-state index in [1.165, 1.54) is 17.6 Å². The normalized spacial score (nSPS) is 12.3. The number of nitrogens with zero attached hydrogens (tertiary/aromatic N) is 1. The first kappa shape index (κ1) is 15.0. The number of aromatic nitrogens is 1. The first-order valence-electron chi connectivity index (χ1n) is 6.82. The van der Waals surface area contributed by atoms with Crippen molar-refractivity contribution in [2.45, 2.75) is 33.2 Å². The van der Waals surface area contributed by atoms with Crippen LogP contribution in [0.4, 0.5) is 0 Å². The molecule has 0 aliphatic carbocycles. The van der Waals surface area contributed by atoms with Crippen LogP contribution in [0.1, 0.15) is 43.6 Å². The summed E-state index contributed by atoms with van der Waals surface area (Å²) in [6, 6.07) is 3.99. The van der Waals surface area contributed by atoms with Crippen molar-refractivity contribution in [2.24, 2.45) is 0 Å². The van der Waals surface area contributed by atoms with E-state index in [0.717, 1.165) is 0 Å². The van der Waals surface area contributed by atoms with Crippen LogP contribution in [0.15, 0.2) is 27.4 Å². The monoisotopic (exact) mass is 291 g/mol. The number of benzene rings is 1. The number of carbonyl (C=O) groups excluding carboxylic acids is 2. The summed E-state index contributed by atoms with van der Waals surface area (Å²) in [6.45, 7) is 5.18. The molecular weight excluding hydrogens is 274 g/mol. The fourth-order valence-electron chi connectivity index (χ4n) is 2.24. The first-order chi connectivity index (χ1) is 9.99. The summed E-state index contributed by atoms with van der Waals surface area (Å²) in [5.41, 5.74) is 1.22. The molecule has 0 bridgehead atoms. The number of hydrogen-bond donors (Lipinski definition) is 0. The fourth-order valence-corrected chi connectivity index (χ4v) is 2.24. The Labute approximate surface area is 121 Å². The van der Waals surface area contributed by atoms with E-state index in [1.807, 2.05) is 0 Å². The minimum absolute atomic E-state index is 0.121. The van der Waals surface area contributed by atoms with E-state index >= 15 is 0 Å². The highest BCUT2D eigenvalue weighted by molar-refractivity contribution is 5.97. The molecule has 0 saturated heterocycles. The van der Waals surface area contributed by atoms with Crippen LogP contribution in [0.25, 0.3) is 11.1 Å². The van der Waals surface area contributed by atoms with Crippen molar-refractivity contribution in [1.29, 1.82) is 0 Å². The van der Waals surface area contributed by atoms with Gasteiger partial charge in [-0.3, -0.25) is 9.36 Å². The lowest BCUT2D eigenvalue weighted by molar-refractivity contribution is -0.147. The number of rotatable bonds is 5. The van der Waals surface area contributed by atoms with Crippen molar-refractivity contribution in [3.05, 3.63) is 34.3 Å². The third-order valence-electron chi connectivity index (χ3n) is 3.28. The standard InChI is InChI=1S/C15H17NO5/c1-4-11(14(18)20-5-2)16-12-7-6-10(9(3)17)8-13(12)21-15(16)19/h6-8,11H,4-5H2,1-3H3. The summed E-state index contributed by atoms with van der Waals surface area (Å²) in [5.74, 6) is -1.23. The predicted octanol–water partition coefficient (Wildman–Crippen LogP) is 2.31. The minimum atomic E-state index is -0.734. The van der Waals surface area contributed by atoms with Gasteiger partial charge in [0.05, 0.1) is 12.1 Å². The summed E-state index contributed by atoms with van der Waals surface area (Å²) in [6.07, 6.45) is 0.405. The number of oxazole rings is 1. The lowest BCUT2D eigenvalue weighted by atomic mass is 10.1. The van der Waals surface area contributed by atoms with Crippen LogP contribution in [0.3, 0.4) is 0 Å². The molecule has 0 amide bonds. The van der Waals surface area contributed by atoms with Crippen LogP contribution < -0.4 is 5.76 Å². The van der Waals surface area contributed by atoms with Crippen LogP contribution in [-0.2, 0) is 9.53 Å². The first-order valence-corrected chi connectivity index (χ1v) is 6.82. The fraction of sp³-hybridized carbons (Fsp3) is 0.400. The SMILES string of the molecule is CCOC(=O)C(CC)n1c(=O)oc2cc(C(C)=O)ccc21. The van der Waals surface area contributed by atoms with Gasteiger partial charge in [-0.25, -0.2) is 9.59 Å². The Morgan fingerprint density at radius 1 is 1.33 bits per heavy atom. The molecule has 0 aliphatic heterocycles. The lowest BCUT2D eigenvalue weighted by Crippen LogP contribution is -2.28. The van der Waals surface area contributed by atoms with Gasteiger partial charge in [0.1, 0.15) is 6.04 Å². The Morgan fingerprint density at radius 2 is 2.05 bits per heavy atom. The molecule has 0 spiro atoms. The van der Waals surface area contributed by atoms with Crippen molar-refractivity contribution in [3.63, 3.8) is 0 Å². The molecule has 1 atom stereocenters. The van der Waals surface area contributed by atoms with Crippen molar-refractivity contribution in [1.82, 2.24) is 4.57 Å². The van der Waals surface area contributed by atoms with E-state index in [1.54, 1.807) is 26.0 Å². The van der Waals surface area contributed by atoms with Crippen LogP contribution in [0.5, 0.6) is 0 Å². The highest BCUT2D eigenvalue weighted by Gasteiger charge is 2.25. The molecule has 0 N–H and O–H groups in total. The van der Waals surface area contributed by atoms with E-state index in [2.05, 4.69) is 0 Å². The van der Waals surface area contributed by atoms with E-state index in [-0.39, 0.29) is 18.0 Å². The number of ether oxygens (including phenoxy) is 1. The maximum absolute atomic E-state index is 12.0. The largest absolute Gasteiger partial charge is 0.464 e. The van der Waals surface area contributed by atoms with Crippen molar-refractivity contribution >= 4 is 22.9 Å². The van der Waals surface area contributed by atoms with E-state index in [0.29, 0.717) is 17.5 Å². The Hall–Kier alpha value is -2.37. The van der Waals surface area contributed by atoms with Gasteiger partial charge in [0.25, 0.3) is 0 Å². The van der Waals surface area contributed by atoms with Crippen LogP contribution in [-0.4, -0.2) is 22.9 Å². The molecule has 21 heavy (non-hydrogen) atoms. The number of esters is 1. The molecule has 2 rings (SSSR count). The second-order valence-electron chi connectivity index (χ2n) is 4.65. The average molecular weight is 291 g/mol. The Bertz CT molecular complexity index is 740. The molecule has 2 aromatic rings. The number of carbonyl (C=O) groups is 2. The van der Waals surface area contributed by atoms with Crippen molar-refractivity contribution in [3.8, 4) is 0 Å². The predicted molar refractivity (Wildman–Crippen MR) is 76.4 cm³/mol. The zero-order valence-electron chi connectivity index (χ0n) is 12.2. The van der Waals surface area contributed by atoms with E-state index < -0.39 is 17.8 Å². The van der Waals surface area contributed by atoms with Crippen LogP contribution >= 0.6 is 0 Å². The third-order valence-corrected chi connectivity index (χ3v) is 3.28. The second-order valence-corrected chi connectivity index (χ2v) is 4.65. The average Bonchev–Trinajstić information content (AvgIpc) is 2.76. The molecule has 1 heterocycles. The molecule has 0 fully saturated rings. The van der Waals surface area contributed by atoms with Gasteiger partial charge in [0.2, 0.25) is 0 Å². The highest BCUT2D eigenvalue weighted by Crippen LogP contribution is 2.21. The van der Waals surface area contributed by atoms with Gasteiger partial charge in [0.15, 0.2) is 11.4 Å². The van der Waals surface area contributed by atoms with Gasteiger partial charge >= 0.3 is 11.7 Å². The Morgan fingerprint density at radius 3 is 2.62 bits per heavy atom. The smallest absolute Gasteiger partial charge is 0.420 e. The number of ketones is 1. The van der Waals surface area contributed by atoms with Crippen molar-refractivity contribution in [2.75, 3.05) is 6.61 Å². The van der Waals surface area contributed by atoms with E-state index in [4.69, 9.17) is 9.15 Å². The van der Waals surface area contributed by atoms with Crippen LogP contribution in [0.2, 0.25) is 0 Å². The zero-order chi connectivity index (χ0) is 15.6. The second kappa shape index (κ2) is 5.95. The number of fused-ring (bicyclic) bond motifs is 1. The molecule has 6 heteroatoms. The van der Waals surface area contributed by atoms with E-state index in [9.17, 15) is 14.4 Å². The summed E-state index contributed by atoms with van der Waals surface area (Å²) in [4.78, 5) is 35.4. The zero-order valence-corrected chi connectivity index (χ0v) is 12.2. The maximum atomic E-state index is 12.0. The summed E-state index contributed by atoms with van der Waals surface area (Å²) in [5, 5.41) is 0. The summed E-state index contributed by atoms with van der Waals surface area (Å²) in [7, 11) is 0. The Kier molecular flexibility index (Phi) is 4.26. The molecule has 1 aromatic carbocycles. The molecular formula is C15H17NO5. The van der Waals surface area contributed by atoms with Gasteiger partial charge < -0.3 is 9.15 Å². The molecule has 1 unspecified atom stereocenters. The molecule has 1 aromatic heterocycles. The van der Waals surface area contributed by atoms with Gasteiger partial charge in [-0.05, 0) is 38.5 Å². The van der Waals surface area contributed by atoms with Crippen molar-refractivity contribution < 1.29 is 18.7 Å². The van der Waals surface area contributed by atoms with Gasteiger partial charge in [-0.2, -0.15) is 0 Å². The lowest BCUT2D eigenvalue weighted by Gasteiger charge is -2.14. The number of Topliss-reactive ketones (excluding diaryl/α,β-unsaturated/α-hetero) is 1. The number of hydrogen-bond acceptors (Lipinski definition) is 5. The Balaban J connectivity index is 2.58. The quantitative estimate of drug-likeness (QED) is 0.624. The maximum Gasteiger partial charge on any atom is 0.420 e. The van der Waals surface area contributed by atoms with Gasteiger partial charge in [-0.15, -0.1) is 0 Å². The molecule has 0 radical (unpaired) electrons. The van der Waals surface area contributed by atoms with Gasteiger partial charge in [0, 0.05) is 5.56 Å². The van der Waals surface area contributed by atoms with Crippen LogP contribution in [0, 0.1) is 0 Å². The summed E-state index contributed by atoms with van der Waals surface area (Å²) >= 11 is 0.